The van der Waals surface area contributed by atoms with E-state index in [0.717, 1.165) is 14.2 Å². The van der Waals surface area contributed by atoms with E-state index < -0.39 is 44.0 Å². The Labute approximate surface area is 104 Å². The highest BCUT2D eigenvalue weighted by atomic mass is 31.2. The average Bonchev–Trinajstić information content (AvgIpc) is 2.39. The Bertz CT molecular complexity index is 300. The molecule has 108 valence electrons. The lowest BCUT2D eigenvalue weighted by Crippen LogP contribution is -2.61. The summed E-state index contributed by atoms with van der Waals surface area (Å²) in [4.78, 5) is 0. The van der Waals surface area contributed by atoms with Gasteiger partial charge < -0.3 is 34.6 Å². The first-order valence-electron chi connectivity index (χ1n) is 5.38. The lowest BCUT2D eigenvalue weighted by molar-refractivity contribution is -0.199. The van der Waals surface area contributed by atoms with E-state index in [1.165, 1.54) is 0 Å². The monoisotopic (exact) mass is 286 g/mol. The van der Waals surface area contributed by atoms with Crippen molar-refractivity contribution in [1.82, 2.24) is 0 Å². The minimum absolute atomic E-state index is 0.386. The van der Waals surface area contributed by atoms with Gasteiger partial charge in [-0.3, -0.25) is 4.57 Å². The van der Waals surface area contributed by atoms with Gasteiger partial charge in [0.15, 0.2) is 0 Å². The molecule has 0 aromatic carbocycles. The topological polar surface area (TPSA) is 137 Å². The molecule has 0 spiro atoms. The average molecular weight is 286 g/mol. The zero-order valence-electron chi connectivity index (χ0n) is 10.1. The Morgan fingerprint density at radius 3 is 1.50 bits per heavy atom. The van der Waals surface area contributed by atoms with Crippen LogP contribution in [0.2, 0.25) is 0 Å². The molecule has 18 heavy (non-hydrogen) atoms. The predicted octanol–water partition coefficient (Wildman–Crippen LogP) is -2.09. The van der Waals surface area contributed by atoms with Crippen molar-refractivity contribution >= 4 is 7.60 Å². The zero-order valence-corrected chi connectivity index (χ0v) is 11.0. The maximum atomic E-state index is 11.9. The fourth-order valence-electron chi connectivity index (χ4n) is 2.01. The molecule has 9 heteroatoms. The van der Waals surface area contributed by atoms with Gasteiger partial charge in [0.2, 0.25) is 0 Å². The predicted molar refractivity (Wildman–Crippen MR) is 60.0 cm³/mol. The highest BCUT2D eigenvalue weighted by Crippen LogP contribution is 2.50. The van der Waals surface area contributed by atoms with Crippen LogP contribution < -0.4 is 0 Å². The van der Waals surface area contributed by atoms with E-state index in [0.29, 0.717) is 0 Å². The van der Waals surface area contributed by atoms with Crippen LogP contribution in [-0.4, -0.2) is 76.4 Å². The van der Waals surface area contributed by atoms with Gasteiger partial charge in [0, 0.05) is 20.1 Å². The smallest absolute Gasteiger partial charge is 0.330 e. The van der Waals surface area contributed by atoms with Gasteiger partial charge in [-0.15, -0.1) is 0 Å². The van der Waals surface area contributed by atoms with E-state index in [-0.39, 0.29) is 6.16 Å². The third kappa shape index (κ3) is 2.92. The molecule has 0 aromatic heterocycles. The van der Waals surface area contributed by atoms with Crippen LogP contribution in [0.15, 0.2) is 0 Å². The Morgan fingerprint density at radius 2 is 1.17 bits per heavy atom. The number of hydrogen-bond acceptors (Lipinski definition) is 8. The first-order valence-corrected chi connectivity index (χ1v) is 7.11. The van der Waals surface area contributed by atoms with Crippen LogP contribution in [-0.2, 0) is 13.6 Å². The van der Waals surface area contributed by atoms with Crippen LogP contribution in [0.3, 0.4) is 0 Å². The number of aliphatic hydroxyl groups excluding tert-OH is 5. The van der Waals surface area contributed by atoms with Crippen molar-refractivity contribution in [3.05, 3.63) is 0 Å². The molecule has 1 aliphatic rings. The number of rotatable bonds is 4. The molecule has 0 aliphatic heterocycles. The second-order valence-corrected chi connectivity index (χ2v) is 6.59. The summed E-state index contributed by atoms with van der Waals surface area (Å²) in [6.45, 7) is 0. The van der Waals surface area contributed by atoms with Crippen LogP contribution >= 0.6 is 7.60 Å². The molecule has 0 bridgehead atoms. The van der Waals surface area contributed by atoms with Crippen LogP contribution in [0, 0.1) is 5.92 Å². The molecule has 0 aromatic rings. The largest absolute Gasteiger partial charge is 0.390 e. The summed E-state index contributed by atoms with van der Waals surface area (Å²) in [6.07, 6.45) is -8.43. The molecule has 0 heterocycles. The SMILES string of the molecule is COP(=O)(CC1C(O)C(O)C(O)C(O)C1O)OC. The van der Waals surface area contributed by atoms with Crippen LogP contribution in [0.4, 0.5) is 0 Å². The van der Waals surface area contributed by atoms with Gasteiger partial charge in [-0.25, -0.2) is 0 Å². The summed E-state index contributed by atoms with van der Waals surface area (Å²) >= 11 is 0. The summed E-state index contributed by atoms with van der Waals surface area (Å²) in [6, 6.07) is 0. The Hall–Kier alpha value is -0.0500. The van der Waals surface area contributed by atoms with Gasteiger partial charge in [-0.05, 0) is 0 Å². The standard InChI is InChI=1S/C9H19O8P/c1-16-18(15,17-2)3-4-5(10)7(12)9(14)8(13)6(4)11/h4-14H,3H2,1-2H3. The third-order valence-corrected chi connectivity index (χ3v) is 5.25. The molecule has 1 aliphatic carbocycles. The Morgan fingerprint density at radius 1 is 0.833 bits per heavy atom. The summed E-state index contributed by atoms with van der Waals surface area (Å²) in [5.74, 6) is -1.14. The van der Waals surface area contributed by atoms with E-state index in [9.17, 15) is 30.1 Å². The van der Waals surface area contributed by atoms with Gasteiger partial charge in [0.1, 0.15) is 18.3 Å². The van der Waals surface area contributed by atoms with Gasteiger partial charge in [0.25, 0.3) is 0 Å². The summed E-state index contributed by atoms with van der Waals surface area (Å²) in [5.41, 5.74) is 0. The lowest BCUT2D eigenvalue weighted by Gasteiger charge is -2.42. The highest BCUT2D eigenvalue weighted by molar-refractivity contribution is 7.53. The van der Waals surface area contributed by atoms with Gasteiger partial charge in [-0.1, -0.05) is 0 Å². The van der Waals surface area contributed by atoms with Crippen molar-refractivity contribution in [3.63, 3.8) is 0 Å². The molecule has 4 atom stereocenters. The minimum Gasteiger partial charge on any atom is -0.390 e. The molecule has 5 N–H and O–H groups in total. The fourth-order valence-corrected chi connectivity index (χ4v) is 3.41. The molecule has 8 nitrogen and oxygen atoms in total. The second-order valence-electron chi connectivity index (χ2n) is 4.28. The van der Waals surface area contributed by atoms with Gasteiger partial charge in [0.05, 0.1) is 18.4 Å². The molecule has 0 amide bonds. The van der Waals surface area contributed by atoms with Crippen LogP contribution in [0.1, 0.15) is 0 Å². The zero-order chi connectivity index (χ0) is 14.1. The summed E-state index contributed by atoms with van der Waals surface area (Å²) in [5, 5.41) is 47.8. The van der Waals surface area contributed by atoms with Crippen molar-refractivity contribution in [1.29, 1.82) is 0 Å². The molecule has 4 unspecified atom stereocenters. The highest BCUT2D eigenvalue weighted by Gasteiger charge is 2.50. The van der Waals surface area contributed by atoms with Crippen molar-refractivity contribution in [3.8, 4) is 0 Å². The molecule has 1 fully saturated rings. The second kappa shape index (κ2) is 5.94. The lowest BCUT2D eigenvalue weighted by atomic mass is 9.79. The van der Waals surface area contributed by atoms with Crippen molar-refractivity contribution < 1.29 is 39.1 Å². The van der Waals surface area contributed by atoms with E-state index in [4.69, 9.17) is 0 Å². The van der Waals surface area contributed by atoms with E-state index in [1.54, 1.807) is 0 Å². The fraction of sp³-hybridized carbons (Fsp3) is 1.00. The molecular weight excluding hydrogens is 267 g/mol. The van der Waals surface area contributed by atoms with E-state index >= 15 is 0 Å². The number of aliphatic hydroxyl groups is 5. The van der Waals surface area contributed by atoms with Crippen molar-refractivity contribution in [2.45, 2.75) is 30.5 Å². The van der Waals surface area contributed by atoms with E-state index in [1.807, 2.05) is 0 Å². The normalized spacial score (nSPS) is 41.9. The minimum atomic E-state index is -3.52. The maximum absolute atomic E-state index is 11.9. The third-order valence-electron chi connectivity index (χ3n) is 3.27. The molecule has 0 radical (unpaired) electrons. The van der Waals surface area contributed by atoms with Crippen LogP contribution in [0.5, 0.6) is 0 Å². The Kier molecular flexibility index (Phi) is 5.28. The Balaban J connectivity index is 2.90. The van der Waals surface area contributed by atoms with Gasteiger partial charge in [-0.2, -0.15) is 0 Å². The van der Waals surface area contributed by atoms with Crippen LogP contribution in [0.25, 0.3) is 0 Å². The van der Waals surface area contributed by atoms with E-state index in [2.05, 4.69) is 9.05 Å². The van der Waals surface area contributed by atoms with Gasteiger partial charge >= 0.3 is 7.60 Å². The summed E-state index contributed by atoms with van der Waals surface area (Å²) < 4.78 is 21.3. The molecule has 1 rings (SSSR count). The number of hydrogen-bond donors (Lipinski definition) is 5. The quantitative estimate of drug-likeness (QED) is 0.371. The van der Waals surface area contributed by atoms with Crippen molar-refractivity contribution in [2.75, 3.05) is 20.4 Å². The first kappa shape index (κ1) is 16.0. The molecule has 1 saturated carbocycles. The first-order chi connectivity index (χ1) is 8.27. The molecular formula is C9H19O8P. The summed E-state index contributed by atoms with van der Waals surface area (Å²) in [7, 11) is -1.23. The maximum Gasteiger partial charge on any atom is 0.330 e. The molecule has 0 saturated heterocycles. The van der Waals surface area contributed by atoms with Crippen molar-refractivity contribution in [2.24, 2.45) is 5.92 Å².